The Balaban J connectivity index is 1.14. The van der Waals surface area contributed by atoms with Gasteiger partial charge in [-0.2, -0.15) is 0 Å². The topological polar surface area (TPSA) is 779 Å². The second-order valence-electron chi connectivity index (χ2n) is 28.2. The van der Waals surface area contributed by atoms with E-state index in [0.29, 0.717) is 0 Å². The normalized spacial score (nSPS) is 48.9. The van der Waals surface area contributed by atoms with Crippen LogP contribution in [0.15, 0.2) is 0 Å². The lowest BCUT2D eigenvalue weighted by molar-refractivity contribution is -0.408. The van der Waals surface area contributed by atoms with Crippen LogP contribution in [0, 0.1) is 0 Å². The van der Waals surface area contributed by atoms with Crippen molar-refractivity contribution in [2.45, 2.75) is 304 Å². The summed E-state index contributed by atoms with van der Waals surface area (Å²) in [7, 11) is 0. The van der Waals surface area contributed by atoms with Crippen molar-refractivity contribution in [3.05, 3.63) is 0 Å². The van der Waals surface area contributed by atoms with Crippen molar-refractivity contribution in [2.75, 3.05) is 59.5 Å². The fourth-order valence-corrected chi connectivity index (χ4v) is 14.4. The van der Waals surface area contributed by atoms with Crippen LogP contribution >= 0.6 is 0 Å². The van der Waals surface area contributed by atoms with E-state index < -0.39 is 359 Å². The Kier molecular flexibility index (Phi) is 33.1. The van der Waals surface area contributed by atoms with E-state index in [2.05, 4.69) is 21.3 Å². The molecule has 9 aliphatic heterocycles. The van der Waals surface area contributed by atoms with E-state index >= 15 is 0 Å². The summed E-state index contributed by atoms with van der Waals surface area (Å²) in [5, 5.41) is 287. The van der Waals surface area contributed by atoms with Gasteiger partial charge in [0.1, 0.15) is 219 Å². The minimum atomic E-state index is -2.66. The van der Waals surface area contributed by atoms with E-state index in [9.17, 15) is 147 Å². The predicted molar refractivity (Wildman–Crippen MR) is 343 cm³/mol. The number of nitrogens with one attached hydrogen (secondary N) is 4. The summed E-state index contributed by atoms with van der Waals surface area (Å²) in [6.45, 7) is -6.45. The van der Waals surface area contributed by atoms with Crippen molar-refractivity contribution < 1.29 is 227 Å². The largest absolute Gasteiger partial charge is 0.394 e. The zero-order valence-electron chi connectivity index (χ0n) is 60.1. The van der Waals surface area contributed by atoms with Crippen molar-refractivity contribution in [3.8, 4) is 0 Å². The molecule has 648 valence electrons. The molecule has 0 radical (unpaired) electrons. The molecular weight excluding hydrogens is 1540 g/mol. The molecule has 9 rings (SSSR count). The number of hydrogen-bond donors (Lipinski definition) is 29. The third-order valence-electron chi connectivity index (χ3n) is 20.4. The minimum absolute atomic E-state index is 0.887. The Bertz CT molecular complexity index is 2970. The zero-order chi connectivity index (χ0) is 82.5. The number of aliphatic hydroxyl groups is 25. The summed E-state index contributed by atoms with van der Waals surface area (Å²) in [6.07, 6.45) is -87.5. The fourth-order valence-electron chi connectivity index (χ4n) is 14.4. The highest BCUT2D eigenvalue weighted by Crippen LogP contribution is 2.41. The molecule has 4 amide bonds. The Hall–Kier alpha value is -3.80. The summed E-state index contributed by atoms with van der Waals surface area (Å²) >= 11 is 0. The Morgan fingerprint density at radius 1 is 0.232 bits per heavy atom. The molecule has 0 saturated carbocycles. The maximum Gasteiger partial charge on any atom is 0.217 e. The second-order valence-corrected chi connectivity index (χ2v) is 28.2. The van der Waals surface area contributed by atoms with Crippen LogP contribution in [0.3, 0.4) is 0 Å². The van der Waals surface area contributed by atoms with E-state index in [4.69, 9.17) is 80.5 Å². The van der Waals surface area contributed by atoms with Crippen LogP contribution in [-0.4, -0.2) is 487 Å². The number of hydrogen-bond acceptors (Lipinski definition) is 46. The first-order chi connectivity index (χ1) is 53.0. The fraction of sp³-hybridized carbons (Fsp3) is 0.935. The summed E-state index contributed by atoms with van der Waals surface area (Å²) < 4.78 is 102. The van der Waals surface area contributed by atoms with Crippen LogP contribution in [-0.2, 0) is 99.7 Å². The van der Waals surface area contributed by atoms with Gasteiger partial charge >= 0.3 is 0 Å². The molecule has 50 nitrogen and oxygen atoms in total. The van der Waals surface area contributed by atoms with E-state index in [0.717, 1.165) is 27.7 Å². The Morgan fingerprint density at radius 2 is 0.491 bits per heavy atom. The molecule has 0 bridgehead atoms. The number of rotatable bonds is 29. The molecule has 0 aromatic heterocycles. The van der Waals surface area contributed by atoms with Gasteiger partial charge in [-0.25, -0.2) is 0 Å². The molecule has 9 fully saturated rings. The SMILES string of the molecule is CC(=O)N[C@@H]1[C@@H](O)[C@H](O[C@@H]2O[C@H](CO[C@H]3O[C@H](CO)[C@@H](O)[C@H](O)[C@@H]3O[C@@H]3O[C@H](CO)[C@@H](O[C@@H]4O[C@H](CO)[C@H](O)[C@H](O)[C@H]4O)[C@H](O)[C@H]3NC(C)=O)[C@@H](O[C@@H]3O[C@H](CO)[C@@H](O)[C@H](O)[C@H]3NC(C)=O)[C@H](O[C@H]3O[C@H](CO)[C@@H](O)[C@H](O)[C@@H]3O[C@@H]3O[C@H](CO)[C@@H](O[C@@H]4O[C@H](CO)[C@H](O)[C@H](O)[C@H]4O)[C@H](O)[C@H]3NC(C)=O)[C@@H]2O)[C@@H](CO)O[C@H]1O. The van der Waals surface area contributed by atoms with Crippen molar-refractivity contribution in [1.29, 1.82) is 0 Å². The molecule has 0 aromatic carbocycles. The van der Waals surface area contributed by atoms with Gasteiger partial charge in [-0.05, 0) is 0 Å². The van der Waals surface area contributed by atoms with Crippen LogP contribution in [0.1, 0.15) is 27.7 Å². The molecular formula is C62H104N4O46. The predicted octanol–water partition coefficient (Wildman–Crippen LogP) is -20.1. The molecule has 50 heteroatoms. The molecule has 0 aliphatic carbocycles. The zero-order valence-corrected chi connectivity index (χ0v) is 60.1. The van der Waals surface area contributed by atoms with Crippen LogP contribution in [0.5, 0.6) is 0 Å². The van der Waals surface area contributed by atoms with Crippen molar-refractivity contribution in [1.82, 2.24) is 21.3 Å². The number of carbonyl (C=O) groups is 4. The third-order valence-corrected chi connectivity index (χ3v) is 20.4. The summed E-state index contributed by atoms with van der Waals surface area (Å²) in [5.41, 5.74) is 0. The van der Waals surface area contributed by atoms with Crippen molar-refractivity contribution in [2.24, 2.45) is 0 Å². The average Bonchev–Trinajstić information content (AvgIpc) is 0.764. The van der Waals surface area contributed by atoms with Gasteiger partial charge in [-0.15, -0.1) is 0 Å². The van der Waals surface area contributed by atoms with Gasteiger partial charge in [0.15, 0.2) is 56.6 Å². The number of ether oxygens (including phenoxy) is 17. The second kappa shape index (κ2) is 40.3. The van der Waals surface area contributed by atoms with E-state index in [1.165, 1.54) is 0 Å². The lowest BCUT2D eigenvalue weighted by atomic mass is 9.93. The van der Waals surface area contributed by atoms with Gasteiger partial charge in [0.2, 0.25) is 23.6 Å². The van der Waals surface area contributed by atoms with Crippen molar-refractivity contribution >= 4 is 23.6 Å². The highest BCUT2D eigenvalue weighted by molar-refractivity contribution is 5.74. The monoisotopic (exact) mass is 1640 g/mol. The van der Waals surface area contributed by atoms with Gasteiger partial charge < -0.3 is 229 Å². The quantitative estimate of drug-likeness (QED) is 0.0331. The number of carbonyl (C=O) groups excluding carboxylic acids is 4. The highest BCUT2D eigenvalue weighted by atomic mass is 16.8. The molecule has 0 unspecified atom stereocenters. The summed E-state index contributed by atoms with van der Waals surface area (Å²) in [5.74, 6) is -3.79. The molecule has 9 aliphatic rings. The maximum atomic E-state index is 13.1. The van der Waals surface area contributed by atoms with E-state index in [1.54, 1.807) is 0 Å². The minimum Gasteiger partial charge on any atom is -0.394 e. The van der Waals surface area contributed by atoms with Gasteiger partial charge in [-0.1, -0.05) is 0 Å². The smallest absolute Gasteiger partial charge is 0.217 e. The number of amides is 4. The first kappa shape index (κ1) is 92.1. The molecule has 0 aromatic rings. The first-order valence-corrected chi connectivity index (χ1v) is 35.6. The first-order valence-electron chi connectivity index (χ1n) is 35.6. The van der Waals surface area contributed by atoms with Gasteiger partial charge in [0.25, 0.3) is 0 Å². The lowest BCUT2D eigenvalue weighted by Gasteiger charge is -2.52. The number of aliphatic hydroxyl groups excluding tert-OH is 25. The van der Waals surface area contributed by atoms with Crippen LogP contribution < -0.4 is 21.3 Å². The van der Waals surface area contributed by atoms with Gasteiger partial charge in [0, 0.05) is 27.7 Å². The lowest BCUT2D eigenvalue weighted by Crippen LogP contribution is -2.71. The van der Waals surface area contributed by atoms with E-state index in [-0.39, 0.29) is 0 Å². The molecule has 9 saturated heterocycles. The van der Waals surface area contributed by atoms with Crippen LogP contribution in [0.4, 0.5) is 0 Å². The van der Waals surface area contributed by atoms with E-state index in [1.807, 2.05) is 0 Å². The Labute approximate surface area is 634 Å². The maximum absolute atomic E-state index is 13.1. The molecule has 112 heavy (non-hydrogen) atoms. The van der Waals surface area contributed by atoms with Crippen LogP contribution in [0.2, 0.25) is 0 Å². The highest BCUT2D eigenvalue weighted by Gasteiger charge is 2.62. The Morgan fingerprint density at radius 3 is 0.875 bits per heavy atom. The molecule has 0 spiro atoms. The van der Waals surface area contributed by atoms with Gasteiger partial charge in [0.05, 0.1) is 59.5 Å². The van der Waals surface area contributed by atoms with Crippen LogP contribution in [0.25, 0.3) is 0 Å². The average molecular weight is 1640 g/mol. The van der Waals surface area contributed by atoms with Gasteiger partial charge in [-0.3, -0.25) is 19.2 Å². The summed E-state index contributed by atoms with van der Waals surface area (Å²) in [6, 6.07) is -7.75. The van der Waals surface area contributed by atoms with Crippen molar-refractivity contribution in [3.63, 3.8) is 0 Å². The molecule has 45 atom stereocenters. The molecule has 9 heterocycles. The standard InChI is InChI=1S/C62H104N4O46/c1-14(75)63-27-37(85)47(23(10-72)97-54(27)95)108-60-46(94)51(110-62-53(43(91)35(83)22(9-71)102-62)112-57-30(66-17(4)78)39(87)49(25(12-74)104-57)107-59-45(93)41(89)33(81)20(7-69)100-59)50(109-55-28(64-15(2)76)36(84)31(79)18(5-67)98-55)26(105-60)13-96-61-52(42(90)34(82)21(8-70)101-61)111-56-29(65-16(3)77)38(86)48(24(11-73)103-56)106-58-44(92)40(88)32(80)19(6-68)99-58/h18-62,67-74,79-95H,5-13H2,1-4H3,(H,63,75)(H,64,76)(H,65,77)(H,66,78)/t18-,19-,20-,21-,22-,23-,24-,25-,26-,27-,28-,29-,30-,31-,32+,33+,34-,35-,36-,37-,38-,39-,40+,41+,42+,43+,44-,45-,46+,47-,48-,49-,50-,51-,52+,53+,54-,55+,56+,57+,58+,59+,60+,61+,62-/m1/s1. The summed E-state index contributed by atoms with van der Waals surface area (Å²) in [4.78, 5) is 51.5. The molecule has 29 N–H and O–H groups in total. The third kappa shape index (κ3) is 20.2.